The van der Waals surface area contributed by atoms with Gasteiger partial charge in [-0.1, -0.05) is 48.0 Å². The molecule has 4 nitrogen and oxygen atoms in total. The molecule has 3 rings (SSSR count). The zero-order chi connectivity index (χ0) is 20.1. The molecule has 1 amide bonds. The highest BCUT2D eigenvalue weighted by atomic mass is 16.5. The zero-order valence-corrected chi connectivity index (χ0v) is 16.2. The number of ketones is 1. The number of ether oxygens (including phenoxy) is 1. The average Bonchev–Trinajstić information content (AvgIpc) is 2.70. The summed E-state index contributed by atoms with van der Waals surface area (Å²) in [5.41, 5.74) is 3.96. The quantitative estimate of drug-likeness (QED) is 0.623. The van der Waals surface area contributed by atoms with E-state index < -0.39 is 6.10 Å². The van der Waals surface area contributed by atoms with Crippen molar-refractivity contribution in [1.29, 1.82) is 0 Å². The molecule has 0 saturated carbocycles. The summed E-state index contributed by atoms with van der Waals surface area (Å²) < 4.78 is 5.79. The second-order valence-corrected chi connectivity index (χ2v) is 6.79. The van der Waals surface area contributed by atoms with Gasteiger partial charge in [-0.3, -0.25) is 9.59 Å². The number of amides is 1. The minimum absolute atomic E-state index is 0.0509. The molecule has 0 bridgehead atoms. The van der Waals surface area contributed by atoms with Crippen molar-refractivity contribution in [3.05, 3.63) is 95.1 Å². The number of hydrogen-bond acceptors (Lipinski definition) is 3. The molecule has 0 saturated heterocycles. The van der Waals surface area contributed by atoms with Crippen molar-refractivity contribution in [3.8, 4) is 5.75 Å². The van der Waals surface area contributed by atoms with E-state index in [9.17, 15) is 9.59 Å². The summed E-state index contributed by atoms with van der Waals surface area (Å²) in [5.74, 6) is 0.393. The average molecular weight is 373 g/mol. The SMILES string of the molecule is Cc1ccc(OC(C)C(=O)Nc2ccc(C(=O)c3ccccc3)cc2)c(C)c1. The van der Waals surface area contributed by atoms with Gasteiger partial charge in [-0.2, -0.15) is 0 Å². The Kier molecular flexibility index (Phi) is 5.90. The number of carbonyl (C=O) groups is 2. The molecule has 4 heteroatoms. The molecule has 1 atom stereocenters. The number of rotatable bonds is 6. The highest BCUT2D eigenvalue weighted by molar-refractivity contribution is 6.09. The van der Waals surface area contributed by atoms with Crippen LogP contribution in [0.25, 0.3) is 0 Å². The maximum absolute atomic E-state index is 12.4. The van der Waals surface area contributed by atoms with Crippen molar-refractivity contribution < 1.29 is 14.3 Å². The highest BCUT2D eigenvalue weighted by Gasteiger charge is 2.16. The summed E-state index contributed by atoms with van der Waals surface area (Å²) in [7, 11) is 0. The summed E-state index contributed by atoms with van der Waals surface area (Å²) in [4.78, 5) is 24.9. The van der Waals surface area contributed by atoms with Crippen molar-refractivity contribution in [2.45, 2.75) is 26.9 Å². The molecule has 3 aromatic rings. The van der Waals surface area contributed by atoms with Gasteiger partial charge in [0.05, 0.1) is 0 Å². The van der Waals surface area contributed by atoms with Crippen LogP contribution in [0.3, 0.4) is 0 Å². The molecule has 0 heterocycles. The molecular weight excluding hydrogens is 350 g/mol. The Hall–Kier alpha value is -3.40. The number of carbonyl (C=O) groups excluding carboxylic acids is 2. The van der Waals surface area contributed by atoms with Gasteiger partial charge in [0, 0.05) is 16.8 Å². The predicted molar refractivity (Wildman–Crippen MR) is 111 cm³/mol. The number of hydrogen-bond donors (Lipinski definition) is 1. The lowest BCUT2D eigenvalue weighted by atomic mass is 10.0. The van der Waals surface area contributed by atoms with E-state index in [-0.39, 0.29) is 11.7 Å². The second kappa shape index (κ2) is 8.53. The van der Waals surface area contributed by atoms with Crippen LogP contribution in [0.4, 0.5) is 5.69 Å². The second-order valence-electron chi connectivity index (χ2n) is 6.79. The fraction of sp³-hybridized carbons (Fsp3) is 0.167. The van der Waals surface area contributed by atoms with Gasteiger partial charge in [-0.15, -0.1) is 0 Å². The molecule has 0 aliphatic heterocycles. The fourth-order valence-electron chi connectivity index (χ4n) is 2.88. The largest absolute Gasteiger partial charge is 0.481 e. The molecule has 0 radical (unpaired) electrons. The van der Waals surface area contributed by atoms with Crippen LogP contribution in [0.15, 0.2) is 72.8 Å². The standard InChI is InChI=1S/C24H23NO3/c1-16-9-14-22(17(2)15-16)28-18(3)24(27)25-21-12-10-20(11-13-21)23(26)19-7-5-4-6-8-19/h4-15,18H,1-3H3,(H,25,27). The number of aryl methyl sites for hydroxylation is 2. The Morgan fingerprint density at radius 2 is 1.50 bits per heavy atom. The summed E-state index contributed by atoms with van der Waals surface area (Å²) in [6.07, 6.45) is -0.646. The van der Waals surface area contributed by atoms with Crippen molar-refractivity contribution in [1.82, 2.24) is 0 Å². The number of nitrogens with one attached hydrogen (secondary N) is 1. The minimum atomic E-state index is -0.646. The van der Waals surface area contributed by atoms with Crippen molar-refractivity contribution in [3.63, 3.8) is 0 Å². The molecule has 0 aromatic heterocycles. The van der Waals surface area contributed by atoms with Gasteiger partial charge < -0.3 is 10.1 Å². The number of benzene rings is 3. The van der Waals surface area contributed by atoms with Crippen LogP contribution >= 0.6 is 0 Å². The third-order valence-electron chi connectivity index (χ3n) is 4.45. The molecule has 1 unspecified atom stereocenters. The molecule has 1 N–H and O–H groups in total. The first-order chi connectivity index (χ1) is 13.4. The monoisotopic (exact) mass is 373 g/mol. The van der Waals surface area contributed by atoms with Crippen molar-refractivity contribution >= 4 is 17.4 Å². The zero-order valence-electron chi connectivity index (χ0n) is 16.2. The van der Waals surface area contributed by atoms with E-state index in [2.05, 4.69) is 5.32 Å². The third-order valence-corrected chi connectivity index (χ3v) is 4.45. The predicted octanol–water partition coefficient (Wildman–Crippen LogP) is 4.94. The van der Waals surface area contributed by atoms with E-state index in [4.69, 9.17) is 4.74 Å². The van der Waals surface area contributed by atoms with E-state index in [1.165, 1.54) is 0 Å². The first-order valence-electron chi connectivity index (χ1n) is 9.18. The van der Waals surface area contributed by atoms with E-state index in [0.717, 1.165) is 11.1 Å². The lowest BCUT2D eigenvalue weighted by molar-refractivity contribution is -0.122. The van der Waals surface area contributed by atoms with Crippen LogP contribution in [0.1, 0.15) is 34.0 Å². The third kappa shape index (κ3) is 4.65. The van der Waals surface area contributed by atoms with Crippen LogP contribution in [0.5, 0.6) is 5.75 Å². The van der Waals surface area contributed by atoms with E-state index in [1.54, 1.807) is 43.3 Å². The summed E-state index contributed by atoms with van der Waals surface area (Å²) in [5, 5.41) is 2.82. The van der Waals surface area contributed by atoms with Crippen LogP contribution in [-0.2, 0) is 4.79 Å². The summed E-state index contributed by atoms with van der Waals surface area (Å²) in [6, 6.07) is 21.8. The lowest BCUT2D eigenvalue weighted by Gasteiger charge is -2.16. The number of anilines is 1. The molecule has 28 heavy (non-hydrogen) atoms. The van der Waals surface area contributed by atoms with Crippen LogP contribution < -0.4 is 10.1 Å². The van der Waals surface area contributed by atoms with Gasteiger partial charge in [0.25, 0.3) is 5.91 Å². The van der Waals surface area contributed by atoms with Crippen molar-refractivity contribution in [2.24, 2.45) is 0 Å². The maximum Gasteiger partial charge on any atom is 0.265 e. The molecule has 0 fully saturated rings. The molecule has 0 aliphatic rings. The van der Waals surface area contributed by atoms with Gasteiger partial charge in [0.2, 0.25) is 0 Å². The smallest absolute Gasteiger partial charge is 0.265 e. The minimum Gasteiger partial charge on any atom is -0.481 e. The summed E-state index contributed by atoms with van der Waals surface area (Å²) >= 11 is 0. The summed E-state index contributed by atoms with van der Waals surface area (Å²) in [6.45, 7) is 5.68. The Morgan fingerprint density at radius 3 is 2.14 bits per heavy atom. The van der Waals surface area contributed by atoms with Gasteiger partial charge >= 0.3 is 0 Å². The lowest BCUT2D eigenvalue weighted by Crippen LogP contribution is -2.30. The van der Waals surface area contributed by atoms with Gasteiger partial charge in [0.15, 0.2) is 11.9 Å². The Balaban J connectivity index is 1.63. The Bertz CT molecular complexity index is 978. The van der Waals surface area contributed by atoms with Crippen LogP contribution in [0.2, 0.25) is 0 Å². The topological polar surface area (TPSA) is 55.4 Å². The Labute approximate surface area is 165 Å². The van der Waals surface area contributed by atoms with Crippen molar-refractivity contribution in [2.75, 3.05) is 5.32 Å². The van der Waals surface area contributed by atoms with Crippen LogP contribution in [0, 0.1) is 13.8 Å². The molecule has 3 aromatic carbocycles. The van der Waals surface area contributed by atoms with E-state index in [0.29, 0.717) is 22.6 Å². The van der Waals surface area contributed by atoms with Gasteiger partial charge in [-0.05, 0) is 56.7 Å². The van der Waals surface area contributed by atoms with E-state index >= 15 is 0 Å². The first kappa shape index (κ1) is 19.4. The molecule has 0 aliphatic carbocycles. The van der Waals surface area contributed by atoms with Gasteiger partial charge in [-0.25, -0.2) is 0 Å². The van der Waals surface area contributed by atoms with E-state index in [1.807, 2.05) is 50.2 Å². The Morgan fingerprint density at radius 1 is 0.857 bits per heavy atom. The fourth-order valence-corrected chi connectivity index (χ4v) is 2.88. The molecule has 0 spiro atoms. The highest BCUT2D eigenvalue weighted by Crippen LogP contribution is 2.21. The van der Waals surface area contributed by atoms with Crippen LogP contribution in [-0.4, -0.2) is 17.8 Å². The first-order valence-corrected chi connectivity index (χ1v) is 9.18. The maximum atomic E-state index is 12.4. The molecular formula is C24H23NO3. The molecule has 142 valence electrons. The van der Waals surface area contributed by atoms with Gasteiger partial charge in [0.1, 0.15) is 5.75 Å². The normalized spacial score (nSPS) is 11.5.